The Kier molecular flexibility index (Phi) is 9.47. The second-order valence-corrected chi connectivity index (χ2v) is 6.42. The van der Waals surface area contributed by atoms with Crippen LogP contribution in [0.2, 0.25) is 0 Å². The molecule has 0 unspecified atom stereocenters. The van der Waals surface area contributed by atoms with E-state index in [1.54, 1.807) is 50.5 Å². The number of hydrogen-bond acceptors (Lipinski definition) is 3. The van der Waals surface area contributed by atoms with E-state index in [2.05, 4.69) is 10.3 Å². The fraction of sp³-hybridized carbons (Fsp3) is 0.368. The number of alkyl halides is 3. The number of halogens is 4. The molecule has 1 heterocycles. The number of rotatable bonds is 6. The first-order chi connectivity index (χ1) is 13.2. The molecule has 1 aromatic heterocycles. The van der Waals surface area contributed by atoms with Crippen LogP contribution >= 0.6 is 24.0 Å². The van der Waals surface area contributed by atoms with Crippen LogP contribution in [0.4, 0.5) is 13.2 Å². The highest BCUT2D eigenvalue weighted by molar-refractivity contribution is 14.0. The summed E-state index contributed by atoms with van der Waals surface area (Å²) in [6.45, 7) is 0.430. The molecule has 2 rings (SSSR count). The Morgan fingerprint density at radius 1 is 1.17 bits per heavy atom. The minimum atomic E-state index is -4.41. The zero-order chi connectivity index (χ0) is 20.7. The van der Waals surface area contributed by atoms with E-state index in [0.29, 0.717) is 23.8 Å². The van der Waals surface area contributed by atoms with Gasteiger partial charge in [0.05, 0.1) is 31.5 Å². The van der Waals surface area contributed by atoms with E-state index in [1.807, 2.05) is 0 Å². The minimum absolute atomic E-state index is 0. The van der Waals surface area contributed by atoms with Crippen molar-refractivity contribution in [1.82, 2.24) is 15.1 Å². The van der Waals surface area contributed by atoms with Crippen molar-refractivity contribution in [3.05, 3.63) is 59.5 Å². The lowest BCUT2D eigenvalue weighted by Gasteiger charge is -2.22. The Hall–Kier alpha value is -2.24. The van der Waals surface area contributed by atoms with Crippen LogP contribution in [0, 0.1) is 0 Å². The third kappa shape index (κ3) is 7.95. The van der Waals surface area contributed by atoms with Gasteiger partial charge >= 0.3 is 6.18 Å². The van der Waals surface area contributed by atoms with Crippen molar-refractivity contribution in [2.24, 2.45) is 4.99 Å². The molecule has 10 heteroatoms. The van der Waals surface area contributed by atoms with Gasteiger partial charge in [0, 0.05) is 21.1 Å². The van der Waals surface area contributed by atoms with Crippen LogP contribution in [0.3, 0.4) is 0 Å². The second-order valence-electron chi connectivity index (χ2n) is 6.42. The van der Waals surface area contributed by atoms with Crippen LogP contribution in [0.5, 0.6) is 0 Å². The summed E-state index contributed by atoms with van der Waals surface area (Å²) in [6, 6.07) is 8.57. The molecule has 2 aromatic rings. The van der Waals surface area contributed by atoms with Gasteiger partial charge in [-0.15, -0.1) is 24.0 Å². The van der Waals surface area contributed by atoms with Crippen molar-refractivity contribution >= 4 is 35.8 Å². The number of aliphatic imine (C=N–C) groups is 1. The van der Waals surface area contributed by atoms with Gasteiger partial charge in [0.2, 0.25) is 5.91 Å². The van der Waals surface area contributed by atoms with Crippen LogP contribution in [0.1, 0.15) is 16.9 Å². The van der Waals surface area contributed by atoms with E-state index >= 15 is 0 Å². The predicted molar refractivity (Wildman–Crippen MR) is 115 cm³/mol. The lowest BCUT2D eigenvalue weighted by Crippen LogP contribution is -2.43. The quantitative estimate of drug-likeness (QED) is 0.357. The van der Waals surface area contributed by atoms with E-state index in [-0.39, 0.29) is 43.0 Å². The SMILES string of the molecule is CN(C)C(=O)CNC(=NCc1cccc(C(F)(F)F)c1)N(C)Cc1ccco1.I. The first-order valence-electron chi connectivity index (χ1n) is 8.55. The van der Waals surface area contributed by atoms with E-state index < -0.39 is 11.7 Å². The van der Waals surface area contributed by atoms with E-state index in [4.69, 9.17) is 4.42 Å². The second kappa shape index (κ2) is 11.1. The average molecular weight is 524 g/mol. The van der Waals surface area contributed by atoms with Crippen LogP contribution in [-0.2, 0) is 24.1 Å². The zero-order valence-electron chi connectivity index (χ0n) is 16.4. The molecule has 0 saturated carbocycles. The first kappa shape index (κ1) is 24.8. The lowest BCUT2D eigenvalue weighted by molar-refractivity contribution is -0.137. The molecule has 0 atom stereocenters. The van der Waals surface area contributed by atoms with E-state index in [9.17, 15) is 18.0 Å². The number of carbonyl (C=O) groups excluding carboxylic acids is 1. The highest BCUT2D eigenvalue weighted by Crippen LogP contribution is 2.29. The first-order valence-corrected chi connectivity index (χ1v) is 8.55. The third-order valence-electron chi connectivity index (χ3n) is 3.90. The number of benzene rings is 1. The molecule has 6 nitrogen and oxygen atoms in total. The number of carbonyl (C=O) groups is 1. The number of amides is 1. The van der Waals surface area contributed by atoms with Crippen molar-refractivity contribution in [1.29, 1.82) is 0 Å². The van der Waals surface area contributed by atoms with Gasteiger partial charge in [-0.25, -0.2) is 4.99 Å². The van der Waals surface area contributed by atoms with Gasteiger partial charge in [0.1, 0.15) is 5.76 Å². The summed E-state index contributed by atoms with van der Waals surface area (Å²) in [4.78, 5) is 19.4. The van der Waals surface area contributed by atoms with Crippen molar-refractivity contribution in [2.75, 3.05) is 27.7 Å². The Balaban J connectivity index is 0.00000420. The summed E-state index contributed by atoms with van der Waals surface area (Å²) >= 11 is 0. The molecule has 0 bridgehead atoms. The zero-order valence-corrected chi connectivity index (χ0v) is 18.7. The van der Waals surface area contributed by atoms with Gasteiger partial charge in [-0.3, -0.25) is 4.79 Å². The summed E-state index contributed by atoms with van der Waals surface area (Å²) in [5.41, 5.74) is -0.305. The smallest absolute Gasteiger partial charge is 0.416 e. The normalized spacial score (nSPS) is 11.6. The van der Waals surface area contributed by atoms with E-state index in [0.717, 1.165) is 12.1 Å². The molecule has 0 aliphatic heterocycles. The van der Waals surface area contributed by atoms with Gasteiger partial charge in [0.15, 0.2) is 5.96 Å². The number of guanidine groups is 1. The fourth-order valence-corrected chi connectivity index (χ4v) is 2.35. The molecule has 160 valence electrons. The van der Waals surface area contributed by atoms with Crippen molar-refractivity contribution in [2.45, 2.75) is 19.3 Å². The topological polar surface area (TPSA) is 61.1 Å². The average Bonchev–Trinajstić information content (AvgIpc) is 3.13. The summed E-state index contributed by atoms with van der Waals surface area (Å²) in [5, 5.41) is 2.95. The predicted octanol–water partition coefficient (Wildman–Crippen LogP) is 3.58. The fourth-order valence-electron chi connectivity index (χ4n) is 2.35. The standard InChI is InChI=1S/C19H23F3N4O2.HI/c1-25(2)17(27)12-24-18(26(3)13-16-8-5-9-28-16)23-11-14-6-4-7-15(10-14)19(20,21)22;/h4-10H,11-13H2,1-3H3,(H,23,24);1H. The molecule has 0 saturated heterocycles. The molecule has 1 N–H and O–H groups in total. The van der Waals surface area contributed by atoms with Crippen LogP contribution in [0.25, 0.3) is 0 Å². The molecule has 29 heavy (non-hydrogen) atoms. The van der Waals surface area contributed by atoms with Gasteiger partial charge in [-0.1, -0.05) is 12.1 Å². The van der Waals surface area contributed by atoms with Gasteiger partial charge in [-0.2, -0.15) is 13.2 Å². The van der Waals surface area contributed by atoms with Crippen molar-refractivity contribution in [3.63, 3.8) is 0 Å². The Morgan fingerprint density at radius 2 is 1.90 bits per heavy atom. The molecule has 0 aliphatic rings. The number of hydrogen-bond donors (Lipinski definition) is 1. The largest absolute Gasteiger partial charge is 0.467 e. The molecule has 0 spiro atoms. The maximum Gasteiger partial charge on any atom is 0.416 e. The maximum atomic E-state index is 12.9. The molecule has 0 aliphatic carbocycles. The summed E-state index contributed by atoms with van der Waals surface area (Å²) in [6.07, 6.45) is -2.86. The monoisotopic (exact) mass is 524 g/mol. The molecule has 0 radical (unpaired) electrons. The molecular weight excluding hydrogens is 500 g/mol. The number of nitrogens with one attached hydrogen (secondary N) is 1. The Bertz CT molecular complexity index is 808. The number of likely N-dealkylation sites (N-methyl/N-ethyl adjacent to an activating group) is 1. The van der Waals surface area contributed by atoms with Crippen LogP contribution < -0.4 is 5.32 Å². The van der Waals surface area contributed by atoms with Crippen LogP contribution in [0.15, 0.2) is 52.1 Å². The van der Waals surface area contributed by atoms with Crippen molar-refractivity contribution < 1.29 is 22.4 Å². The number of furan rings is 1. The van der Waals surface area contributed by atoms with Crippen molar-refractivity contribution in [3.8, 4) is 0 Å². The maximum absolute atomic E-state index is 12.9. The summed E-state index contributed by atoms with van der Waals surface area (Å²) in [5.74, 6) is 0.914. The van der Waals surface area contributed by atoms with Gasteiger partial charge in [-0.05, 0) is 29.8 Å². The van der Waals surface area contributed by atoms with Gasteiger partial charge in [0.25, 0.3) is 0 Å². The highest BCUT2D eigenvalue weighted by atomic mass is 127. The Morgan fingerprint density at radius 3 is 2.48 bits per heavy atom. The molecule has 1 amide bonds. The minimum Gasteiger partial charge on any atom is -0.467 e. The Labute approximate surface area is 184 Å². The van der Waals surface area contributed by atoms with Crippen LogP contribution in [-0.4, -0.2) is 49.4 Å². The third-order valence-corrected chi connectivity index (χ3v) is 3.90. The molecular formula is C19H24F3IN4O2. The lowest BCUT2D eigenvalue weighted by atomic mass is 10.1. The summed E-state index contributed by atoms with van der Waals surface area (Å²) in [7, 11) is 5.02. The highest BCUT2D eigenvalue weighted by Gasteiger charge is 2.30. The molecule has 0 fully saturated rings. The molecule has 1 aromatic carbocycles. The number of nitrogens with zero attached hydrogens (tertiary/aromatic N) is 3. The summed E-state index contributed by atoms with van der Waals surface area (Å²) < 4.78 is 44.0. The van der Waals surface area contributed by atoms with E-state index in [1.165, 1.54) is 11.0 Å². The van der Waals surface area contributed by atoms with Gasteiger partial charge < -0.3 is 19.5 Å².